The first kappa shape index (κ1) is 10.9. The van der Waals surface area contributed by atoms with Crippen LogP contribution in [0.4, 0.5) is 0 Å². The second-order valence-corrected chi connectivity index (χ2v) is 3.04. The Morgan fingerprint density at radius 2 is 1.64 bits per heavy atom. The molecule has 0 bridgehead atoms. The van der Waals surface area contributed by atoms with Gasteiger partial charge in [0.05, 0.1) is 12.2 Å². The van der Waals surface area contributed by atoms with E-state index in [4.69, 9.17) is 0 Å². The van der Waals surface area contributed by atoms with Crippen molar-refractivity contribution in [2.75, 3.05) is 0 Å². The number of aliphatic hydroxyl groups excluding tert-OH is 2. The molecule has 2 N–H and O–H groups in total. The Bertz CT molecular complexity index is 83.6. The molecule has 0 aliphatic carbocycles. The molecule has 0 radical (unpaired) electrons. The molecule has 0 rings (SSSR count). The van der Waals surface area contributed by atoms with Gasteiger partial charge in [-0.05, 0) is 12.8 Å². The Morgan fingerprint density at radius 3 is 2.09 bits per heavy atom. The van der Waals surface area contributed by atoms with Crippen molar-refractivity contribution in [2.24, 2.45) is 0 Å². The Balaban J connectivity index is 3.28. The van der Waals surface area contributed by atoms with Gasteiger partial charge in [0, 0.05) is 0 Å². The van der Waals surface area contributed by atoms with Gasteiger partial charge in [0.25, 0.3) is 0 Å². The Morgan fingerprint density at radius 1 is 1.00 bits per heavy atom. The standard InChI is InChI=1S/C9H20O2/c1-3-5-6-7-9(11)8(10)4-2/h8-11H,3-7H2,1-2H3/t8-,9-/m0/s1. The van der Waals surface area contributed by atoms with E-state index in [0.717, 1.165) is 25.7 Å². The maximum atomic E-state index is 9.29. The Hall–Kier alpha value is -0.0800. The summed E-state index contributed by atoms with van der Waals surface area (Å²) in [6.07, 6.45) is 3.69. The lowest BCUT2D eigenvalue weighted by atomic mass is 10.0. The van der Waals surface area contributed by atoms with Crippen LogP contribution < -0.4 is 0 Å². The molecule has 0 spiro atoms. The number of rotatable bonds is 6. The highest BCUT2D eigenvalue weighted by Crippen LogP contribution is 2.08. The van der Waals surface area contributed by atoms with Gasteiger partial charge in [-0.1, -0.05) is 33.1 Å². The minimum absolute atomic E-state index is 0.508. The molecule has 2 atom stereocenters. The minimum atomic E-state index is -0.521. The topological polar surface area (TPSA) is 40.5 Å². The quantitative estimate of drug-likeness (QED) is 0.581. The van der Waals surface area contributed by atoms with Crippen molar-refractivity contribution in [3.63, 3.8) is 0 Å². The predicted molar refractivity (Wildman–Crippen MR) is 46.4 cm³/mol. The minimum Gasteiger partial charge on any atom is -0.390 e. The van der Waals surface area contributed by atoms with Crippen molar-refractivity contribution >= 4 is 0 Å². The predicted octanol–water partition coefficient (Wildman–Crippen LogP) is 1.70. The third-order valence-corrected chi connectivity index (χ3v) is 1.97. The molecule has 0 aliphatic rings. The summed E-state index contributed by atoms with van der Waals surface area (Å²) in [5, 5.41) is 18.5. The zero-order chi connectivity index (χ0) is 8.69. The summed E-state index contributed by atoms with van der Waals surface area (Å²) in [6, 6.07) is 0. The molecule has 0 aromatic heterocycles. The molecule has 0 aliphatic heterocycles. The monoisotopic (exact) mass is 160 g/mol. The molecule has 68 valence electrons. The molecular weight excluding hydrogens is 140 g/mol. The molecule has 0 fully saturated rings. The van der Waals surface area contributed by atoms with Crippen molar-refractivity contribution < 1.29 is 10.2 Å². The second kappa shape index (κ2) is 6.62. The summed E-state index contributed by atoms with van der Waals surface area (Å²) in [5.74, 6) is 0. The van der Waals surface area contributed by atoms with Crippen LogP contribution in [0.2, 0.25) is 0 Å². The summed E-state index contributed by atoms with van der Waals surface area (Å²) >= 11 is 0. The molecule has 0 heterocycles. The molecule has 0 amide bonds. The van der Waals surface area contributed by atoms with Gasteiger partial charge in [-0.3, -0.25) is 0 Å². The Labute approximate surface area is 69.2 Å². The first-order valence-corrected chi connectivity index (χ1v) is 4.58. The summed E-state index contributed by atoms with van der Waals surface area (Å²) in [4.78, 5) is 0. The number of unbranched alkanes of at least 4 members (excludes halogenated alkanes) is 2. The lowest BCUT2D eigenvalue weighted by Gasteiger charge is -2.15. The first-order valence-electron chi connectivity index (χ1n) is 4.58. The van der Waals surface area contributed by atoms with E-state index in [1.54, 1.807) is 0 Å². The van der Waals surface area contributed by atoms with Gasteiger partial charge in [0.15, 0.2) is 0 Å². The lowest BCUT2D eigenvalue weighted by molar-refractivity contribution is 0.0114. The van der Waals surface area contributed by atoms with Crippen LogP contribution in [0.1, 0.15) is 46.0 Å². The molecule has 11 heavy (non-hydrogen) atoms. The van der Waals surface area contributed by atoms with E-state index < -0.39 is 12.2 Å². The molecule has 0 saturated heterocycles. The zero-order valence-corrected chi connectivity index (χ0v) is 7.58. The Kier molecular flexibility index (Phi) is 6.57. The summed E-state index contributed by atoms with van der Waals surface area (Å²) in [7, 11) is 0. The van der Waals surface area contributed by atoms with Gasteiger partial charge in [-0.15, -0.1) is 0 Å². The molecule has 2 nitrogen and oxygen atoms in total. The van der Waals surface area contributed by atoms with Gasteiger partial charge in [0.1, 0.15) is 0 Å². The number of hydrogen-bond acceptors (Lipinski definition) is 2. The molecule has 0 aromatic carbocycles. The van der Waals surface area contributed by atoms with E-state index >= 15 is 0 Å². The van der Waals surface area contributed by atoms with Crippen LogP contribution in [-0.2, 0) is 0 Å². The highest BCUT2D eigenvalue weighted by atomic mass is 16.3. The lowest BCUT2D eigenvalue weighted by Crippen LogP contribution is -2.24. The maximum Gasteiger partial charge on any atom is 0.0799 e. The van der Waals surface area contributed by atoms with E-state index in [1.807, 2.05) is 6.92 Å². The van der Waals surface area contributed by atoms with Gasteiger partial charge in [-0.25, -0.2) is 0 Å². The smallest absolute Gasteiger partial charge is 0.0799 e. The molecule has 0 unspecified atom stereocenters. The highest BCUT2D eigenvalue weighted by Gasteiger charge is 2.12. The van der Waals surface area contributed by atoms with Gasteiger partial charge in [0.2, 0.25) is 0 Å². The van der Waals surface area contributed by atoms with Crippen LogP contribution in [0.25, 0.3) is 0 Å². The van der Waals surface area contributed by atoms with Crippen molar-refractivity contribution in [3.8, 4) is 0 Å². The highest BCUT2D eigenvalue weighted by molar-refractivity contribution is 4.64. The van der Waals surface area contributed by atoms with Gasteiger partial charge >= 0.3 is 0 Å². The van der Waals surface area contributed by atoms with Crippen LogP contribution in [-0.4, -0.2) is 22.4 Å². The average molecular weight is 160 g/mol. The van der Waals surface area contributed by atoms with E-state index in [-0.39, 0.29) is 0 Å². The SMILES string of the molecule is CCCCC[C@H](O)[C@@H](O)CC. The van der Waals surface area contributed by atoms with Crippen LogP contribution in [0.3, 0.4) is 0 Å². The molecule has 0 saturated carbocycles. The van der Waals surface area contributed by atoms with Crippen LogP contribution in [0.15, 0.2) is 0 Å². The van der Waals surface area contributed by atoms with Crippen LogP contribution in [0, 0.1) is 0 Å². The van der Waals surface area contributed by atoms with E-state index in [2.05, 4.69) is 6.92 Å². The van der Waals surface area contributed by atoms with Gasteiger partial charge in [-0.2, -0.15) is 0 Å². The third kappa shape index (κ3) is 5.22. The van der Waals surface area contributed by atoms with E-state index in [1.165, 1.54) is 0 Å². The first-order chi connectivity index (χ1) is 5.22. The number of aliphatic hydroxyl groups is 2. The van der Waals surface area contributed by atoms with E-state index in [0.29, 0.717) is 6.42 Å². The van der Waals surface area contributed by atoms with Crippen molar-refractivity contribution in [1.82, 2.24) is 0 Å². The molecule has 0 aromatic rings. The van der Waals surface area contributed by atoms with E-state index in [9.17, 15) is 10.2 Å². The zero-order valence-electron chi connectivity index (χ0n) is 7.58. The van der Waals surface area contributed by atoms with Crippen LogP contribution >= 0.6 is 0 Å². The normalized spacial score (nSPS) is 16.4. The molecule has 2 heteroatoms. The van der Waals surface area contributed by atoms with Crippen molar-refractivity contribution in [2.45, 2.75) is 58.2 Å². The fraction of sp³-hybridized carbons (Fsp3) is 1.00. The van der Waals surface area contributed by atoms with Gasteiger partial charge < -0.3 is 10.2 Å². The fourth-order valence-corrected chi connectivity index (χ4v) is 1.07. The van der Waals surface area contributed by atoms with Crippen molar-refractivity contribution in [3.05, 3.63) is 0 Å². The third-order valence-electron chi connectivity index (χ3n) is 1.97. The molecular formula is C9H20O2. The average Bonchev–Trinajstić information content (AvgIpc) is 2.03. The second-order valence-electron chi connectivity index (χ2n) is 3.04. The number of hydrogen-bond donors (Lipinski definition) is 2. The largest absolute Gasteiger partial charge is 0.390 e. The van der Waals surface area contributed by atoms with Crippen molar-refractivity contribution in [1.29, 1.82) is 0 Å². The summed E-state index contributed by atoms with van der Waals surface area (Å²) in [5.41, 5.74) is 0. The fourth-order valence-electron chi connectivity index (χ4n) is 1.07. The maximum absolute atomic E-state index is 9.29. The summed E-state index contributed by atoms with van der Waals surface area (Å²) in [6.45, 7) is 4.01. The summed E-state index contributed by atoms with van der Waals surface area (Å²) < 4.78 is 0. The van der Waals surface area contributed by atoms with Crippen LogP contribution in [0.5, 0.6) is 0 Å².